The Balaban J connectivity index is 1.27. The molecule has 1 aromatic rings. The number of nitriles is 1. The molecule has 0 radical (unpaired) electrons. The van der Waals surface area contributed by atoms with Crippen molar-refractivity contribution in [2.75, 3.05) is 0 Å². The molecule has 9 atom stereocenters. The molecule has 4 aliphatic rings. The molecule has 0 aliphatic heterocycles. The van der Waals surface area contributed by atoms with Crippen molar-refractivity contribution >= 4 is 0 Å². The summed E-state index contributed by atoms with van der Waals surface area (Å²) in [6, 6.07) is 6.12. The van der Waals surface area contributed by atoms with Crippen LogP contribution in [0.1, 0.15) is 103 Å². The van der Waals surface area contributed by atoms with E-state index in [9.17, 15) is 5.11 Å². The molecular formula is C30H44N2O. The van der Waals surface area contributed by atoms with Crippen LogP contribution in [-0.4, -0.2) is 15.7 Å². The molecule has 0 unspecified atom stereocenters. The van der Waals surface area contributed by atoms with E-state index in [4.69, 9.17) is 5.26 Å². The van der Waals surface area contributed by atoms with Gasteiger partial charge < -0.3 is 5.11 Å². The first-order valence-corrected chi connectivity index (χ1v) is 13.9. The van der Waals surface area contributed by atoms with Gasteiger partial charge in [0, 0.05) is 6.20 Å². The zero-order chi connectivity index (χ0) is 23.2. The summed E-state index contributed by atoms with van der Waals surface area (Å²) in [5, 5.41) is 20.2. The van der Waals surface area contributed by atoms with Crippen molar-refractivity contribution in [1.29, 1.82) is 5.26 Å². The Morgan fingerprint density at radius 2 is 1.91 bits per heavy atom. The Morgan fingerprint density at radius 3 is 2.64 bits per heavy atom. The molecule has 3 heteroatoms. The summed E-state index contributed by atoms with van der Waals surface area (Å²) in [5.74, 6) is 5.88. The van der Waals surface area contributed by atoms with Crippen LogP contribution in [0.5, 0.6) is 0 Å². The average molecular weight is 449 g/mol. The van der Waals surface area contributed by atoms with Gasteiger partial charge in [0.2, 0.25) is 0 Å². The Morgan fingerprint density at radius 1 is 1.09 bits per heavy atom. The van der Waals surface area contributed by atoms with E-state index in [1.807, 2.05) is 12.3 Å². The lowest BCUT2D eigenvalue weighted by Gasteiger charge is -2.57. The summed E-state index contributed by atoms with van der Waals surface area (Å²) in [6.07, 6.45) is 16.9. The third-order valence-corrected chi connectivity index (χ3v) is 11.1. The second-order valence-electron chi connectivity index (χ2n) is 12.7. The maximum atomic E-state index is 11.1. The van der Waals surface area contributed by atoms with Crippen LogP contribution in [-0.2, 0) is 6.42 Å². The van der Waals surface area contributed by atoms with Gasteiger partial charge in [-0.05, 0) is 129 Å². The first-order valence-electron chi connectivity index (χ1n) is 13.9. The summed E-state index contributed by atoms with van der Waals surface area (Å²) in [5.41, 5.74) is 1.93. The van der Waals surface area contributed by atoms with E-state index in [1.54, 1.807) is 0 Å². The standard InChI is InChI=1S/C30H44N2O/c1-4-13-30(33)15-12-24-22(17-30)6-8-26-25(24)11-14-29(3)27(9-10-28(26)29)20(2)16-21-5-7-23(18-31)32-19-21/h5,7,19-20,22,24-28,33H,4,6,8-17H2,1-3H3/t20-,22-,24+,25-,26-,27-,28+,29-,30-/m1/s1. The molecule has 1 aromatic heterocycles. The number of aliphatic hydroxyl groups is 1. The van der Waals surface area contributed by atoms with E-state index in [2.05, 4.69) is 37.9 Å². The Hall–Kier alpha value is -1.40. The van der Waals surface area contributed by atoms with Crippen LogP contribution < -0.4 is 0 Å². The van der Waals surface area contributed by atoms with E-state index in [-0.39, 0.29) is 5.60 Å². The van der Waals surface area contributed by atoms with Gasteiger partial charge in [-0.2, -0.15) is 5.26 Å². The molecule has 0 aromatic carbocycles. The average Bonchev–Trinajstić information content (AvgIpc) is 3.16. The molecule has 5 rings (SSSR count). The van der Waals surface area contributed by atoms with E-state index in [1.165, 1.54) is 50.5 Å². The van der Waals surface area contributed by atoms with Gasteiger partial charge in [0.05, 0.1) is 5.60 Å². The molecular weight excluding hydrogens is 404 g/mol. The Labute approximate surface area is 201 Å². The molecule has 1 N–H and O–H groups in total. The van der Waals surface area contributed by atoms with E-state index < -0.39 is 0 Å². The summed E-state index contributed by atoms with van der Waals surface area (Å²) in [6.45, 7) is 7.33. The number of nitrogens with zero attached hydrogens (tertiary/aromatic N) is 2. The third kappa shape index (κ3) is 4.16. The van der Waals surface area contributed by atoms with Gasteiger partial charge in [0.15, 0.2) is 0 Å². The normalized spacial score (nSPS) is 43.1. The first-order chi connectivity index (χ1) is 15.9. The van der Waals surface area contributed by atoms with Crippen molar-refractivity contribution in [2.45, 2.75) is 103 Å². The maximum absolute atomic E-state index is 11.1. The molecule has 180 valence electrons. The van der Waals surface area contributed by atoms with Crippen molar-refractivity contribution in [2.24, 2.45) is 46.8 Å². The predicted molar refractivity (Wildman–Crippen MR) is 132 cm³/mol. The van der Waals surface area contributed by atoms with Gasteiger partial charge in [0.25, 0.3) is 0 Å². The predicted octanol–water partition coefficient (Wildman–Crippen LogP) is 6.93. The van der Waals surface area contributed by atoms with E-state index in [0.29, 0.717) is 17.0 Å². The lowest BCUT2D eigenvalue weighted by atomic mass is 9.48. The minimum atomic E-state index is -0.361. The van der Waals surface area contributed by atoms with Crippen molar-refractivity contribution in [3.05, 3.63) is 29.6 Å². The number of hydrogen-bond acceptors (Lipinski definition) is 3. The summed E-state index contributed by atoms with van der Waals surface area (Å²) < 4.78 is 0. The molecule has 0 bridgehead atoms. The van der Waals surface area contributed by atoms with Crippen molar-refractivity contribution in [1.82, 2.24) is 4.98 Å². The first kappa shape index (κ1) is 23.3. The molecule has 0 saturated heterocycles. The van der Waals surface area contributed by atoms with Crippen LogP contribution in [0.15, 0.2) is 18.3 Å². The molecule has 0 amide bonds. The van der Waals surface area contributed by atoms with Gasteiger partial charge in [-0.25, -0.2) is 4.98 Å². The summed E-state index contributed by atoms with van der Waals surface area (Å²) >= 11 is 0. The minimum absolute atomic E-state index is 0.361. The zero-order valence-corrected chi connectivity index (χ0v) is 21.1. The molecule has 4 aliphatic carbocycles. The second kappa shape index (κ2) is 8.99. The van der Waals surface area contributed by atoms with Crippen LogP contribution in [0.25, 0.3) is 0 Å². The van der Waals surface area contributed by atoms with Crippen molar-refractivity contribution < 1.29 is 5.11 Å². The van der Waals surface area contributed by atoms with Crippen LogP contribution >= 0.6 is 0 Å². The van der Waals surface area contributed by atoms with E-state index >= 15 is 0 Å². The molecule has 4 saturated carbocycles. The number of hydrogen-bond donors (Lipinski definition) is 1. The van der Waals surface area contributed by atoms with Crippen LogP contribution in [0.3, 0.4) is 0 Å². The fourth-order valence-electron chi connectivity index (χ4n) is 9.76. The monoisotopic (exact) mass is 448 g/mol. The largest absolute Gasteiger partial charge is 0.390 e. The fraction of sp³-hybridized carbons (Fsp3) is 0.800. The quantitative estimate of drug-likeness (QED) is 0.531. The Bertz CT molecular complexity index is 874. The third-order valence-electron chi connectivity index (χ3n) is 11.1. The van der Waals surface area contributed by atoms with E-state index in [0.717, 1.165) is 67.6 Å². The van der Waals surface area contributed by atoms with Crippen LogP contribution in [0.2, 0.25) is 0 Å². The minimum Gasteiger partial charge on any atom is -0.390 e. The lowest BCUT2D eigenvalue weighted by Crippen LogP contribution is -2.51. The number of fused-ring (bicyclic) bond motifs is 5. The molecule has 1 heterocycles. The number of rotatable bonds is 5. The van der Waals surface area contributed by atoms with Gasteiger partial charge in [-0.3, -0.25) is 0 Å². The van der Waals surface area contributed by atoms with Crippen molar-refractivity contribution in [3.63, 3.8) is 0 Å². The van der Waals surface area contributed by atoms with Crippen LogP contribution in [0, 0.1) is 58.2 Å². The smallest absolute Gasteiger partial charge is 0.140 e. The summed E-state index contributed by atoms with van der Waals surface area (Å²) in [7, 11) is 0. The van der Waals surface area contributed by atoms with Gasteiger partial charge in [-0.1, -0.05) is 33.3 Å². The Kier molecular flexibility index (Phi) is 6.36. The molecule has 3 nitrogen and oxygen atoms in total. The lowest BCUT2D eigenvalue weighted by molar-refractivity contribution is -0.110. The number of aromatic nitrogens is 1. The maximum Gasteiger partial charge on any atom is 0.140 e. The van der Waals surface area contributed by atoms with Gasteiger partial charge in [-0.15, -0.1) is 0 Å². The molecule has 4 fully saturated rings. The van der Waals surface area contributed by atoms with Gasteiger partial charge >= 0.3 is 0 Å². The highest BCUT2D eigenvalue weighted by atomic mass is 16.3. The highest BCUT2D eigenvalue weighted by Gasteiger charge is 2.58. The van der Waals surface area contributed by atoms with Crippen molar-refractivity contribution in [3.8, 4) is 6.07 Å². The van der Waals surface area contributed by atoms with Crippen LogP contribution in [0.4, 0.5) is 0 Å². The molecule has 33 heavy (non-hydrogen) atoms. The fourth-order valence-corrected chi connectivity index (χ4v) is 9.76. The van der Waals surface area contributed by atoms with Gasteiger partial charge in [0.1, 0.15) is 11.8 Å². The SMILES string of the molecule is CCC[C@@]1(O)CC[C@H]2[C@H](CC[C@@H]3[C@@H]2CC[C@]2(C)[C@@H]([C@H](C)Cc4ccc(C#N)nc4)CC[C@@H]32)C1. The summed E-state index contributed by atoms with van der Waals surface area (Å²) in [4.78, 5) is 4.31. The zero-order valence-electron chi connectivity index (χ0n) is 21.1. The highest BCUT2D eigenvalue weighted by Crippen LogP contribution is 2.66. The topological polar surface area (TPSA) is 56.9 Å². The molecule has 0 spiro atoms. The number of pyridine rings is 1. The second-order valence-corrected chi connectivity index (χ2v) is 12.7. The highest BCUT2D eigenvalue weighted by molar-refractivity contribution is 5.23.